The summed E-state index contributed by atoms with van der Waals surface area (Å²) in [5.41, 5.74) is 1.16. The van der Waals surface area contributed by atoms with Gasteiger partial charge in [0.15, 0.2) is 0 Å². The number of carbonyl (C=O) groups is 1. The molecule has 1 aliphatic heterocycles. The molecule has 8 nitrogen and oxygen atoms in total. The van der Waals surface area contributed by atoms with Gasteiger partial charge in [0.2, 0.25) is 0 Å². The summed E-state index contributed by atoms with van der Waals surface area (Å²) >= 11 is 0. The lowest BCUT2D eigenvalue weighted by Crippen LogP contribution is -2.31. The number of hydrogen-bond acceptors (Lipinski definition) is 6. The zero-order valence-electron chi connectivity index (χ0n) is 15.9. The molecular weight excluding hydrogens is 374 g/mol. The Morgan fingerprint density at radius 2 is 2.07 bits per heavy atom. The molecule has 0 saturated carbocycles. The van der Waals surface area contributed by atoms with Crippen LogP contribution in [-0.4, -0.2) is 46.9 Å². The van der Waals surface area contributed by atoms with Crippen molar-refractivity contribution in [2.24, 2.45) is 0 Å². The minimum atomic E-state index is -0.975. The topological polar surface area (TPSA) is 93.9 Å². The zero-order chi connectivity index (χ0) is 20.4. The number of carbonyl (C=O) groups excluding carboxylic acids is 1. The largest absolute Gasteiger partial charge is 0.497 e. The van der Waals surface area contributed by atoms with Gasteiger partial charge in [-0.15, -0.1) is 0 Å². The van der Waals surface area contributed by atoms with E-state index in [0.29, 0.717) is 36.7 Å². The first-order valence-electron chi connectivity index (χ1n) is 9.32. The number of anilines is 1. The molecule has 0 radical (unpaired) electrons. The Balaban J connectivity index is 1.49. The molecule has 0 bridgehead atoms. The number of amides is 1. The quantitative estimate of drug-likeness (QED) is 0.681. The molecule has 1 amide bonds. The highest BCUT2D eigenvalue weighted by Gasteiger charge is 2.30. The molecule has 29 heavy (non-hydrogen) atoms. The van der Waals surface area contributed by atoms with Crippen LogP contribution < -0.4 is 19.9 Å². The normalized spacial score (nSPS) is 16.4. The monoisotopic (exact) mass is 395 g/mol. The standard InChI is InChI=1S/C21H21N3O5/c1-28-15-3-4-16-17(12-15)22-8-6-19(16)29-11-10-23-13-14(2-5-20(23)26)24-9-7-18(25)21(24)27/h2-6,8,12-13,18,25H,7,9-11H2,1H3/t18-/m0/s1. The number of nitrogens with zero attached hydrogens (tertiary/aromatic N) is 3. The van der Waals surface area contributed by atoms with Crippen LogP contribution in [0.2, 0.25) is 0 Å². The zero-order valence-corrected chi connectivity index (χ0v) is 15.9. The highest BCUT2D eigenvalue weighted by atomic mass is 16.5. The molecular formula is C21H21N3O5. The van der Waals surface area contributed by atoms with Gasteiger partial charge < -0.3 is 24.0 Å². The van der Waals surface area contributed by atoms with E-state index in [-0.39, 0.29) is 18.1 Å². The fourth-order valence-electron chi connectivity index (χ4n) is 3.38. The first-order chi connectivity index (χ1) is 14.1. The number of rotatable bonds is 6. The Kier molecular flexibility index (Phi) is 5.18. The highest BCUT2D eigenvalue weighted by Crippen LogP contribution is 2.27. The van der Waals surface area contributed by atoms with E-state index in [4.69, 9.17) is 9.47 Å². The molecule has 0 unspecified atom stereocenters. The van der Waals surface area contributed by atoms with Crippen molar-refractivity contribution < 1.29 is 19.4 Å². The molecule has 1 aromatic carbocycles. The van der Waals surface area contributed by atoms with Crippen molar-refractivity contribution in [2.45, 2.75) is 19.1 Å². The van der Waals surface area contributed by atoms with Crippen molar-refractivity contribution >= 4 is 22.5 Å². The maximum absolute atomic E-state index is 12.2. The Bertz CT molecular complexity index is 1110. The van der Waals surface area contributed by atoms with Gasteiger partial charge in [0.05, 0.1) is 24.9 Å². The van der Waals surface area contributed by atoms with Crippen LogP contribution in [-0.2, 0) is 11.3 Å². The Hall–Kier alpha value is -3.39. The summed E-state index contributed by atoms with van der Waals surface area (Å²) in [5.74, 6) is 1.04. The van der Waals surface area contributed by atoms with E-state index in [1.807, 2.05) is 18.2 Å². The first-order valence-corrected chi connectivity index (χ1v) is 9.32. The van der Waals surface area contributed by atoms with Gasteiger partial charge in [0.25, 0.3) is 11.5 Å². The lowest BCUT2D eigenvalue weighted by Gasteiger charge is -2.17. The summed E-state index contributed by atoms with van der Waals surface area (Å²) in [6.07, 6.45) is 2.70. The molecule has 1 aliphatic rings. The molecule has 1 atom stereocenters. The summed E-state index contributed by atoms with van der Waals surface area (Å²) in [6.45, 7) is 1.02. The Labute approximate surface area is 166 Å². The van der Waals surface area contributed by atoms with Crippen LogP contribution in [0.15, 0.2) is 53.6 Å². The van der Waals surface area contributed by atoms with Crippen LogP contribution >= 0.6 is 0 Å². The predicted molar refractivity (Wildman–Crippen MR) is 107 cm³/mol. The van der Waals surface area contributed by atoms with E-state index in [2.05, 4.69) is 4.98 Å². The van der Waals surface area contributed by atoms with Crippen molar-refractivity contribution in [2.75, 3.05) is 25.2 Å². The van der Waals surface area contributed by atoms with Crippen LogP contribution in [0, 0.1) is 0 Å². The number of pyridine rings is 2. The average molecular weight is 395 g/mol. The summed E-state index contributed by atoms with van der Waals surface area (Å²) in [5, 5.41) is 10.5. The van der Waals surface area contributed by atoms with E-state index in [1.165, 1.54) is 15.5 Å². The van der Waals surface area contributed by atoms with Crippen LogP contribution in [0.5, 0.6) is 11.5 Å². The summed E-state index contributed by atoms with van der Waals surface area (Å²) in [7, 11) is 1.60. The van der Waals surface area contributed by atoms with Gasteiger partial charge in [-0.05, 0) is 24.3 Å². The summed E-state index contributed by atoms with van der Waals surface area (Å²) in [6, 6.07) is 10.3. The molecule has 3 aromatic rings. The second-order valence-electron chi connectivity index (χ2n) is 6.75. The highest BCUT2D eigenvalue weighted by molar-refractivity contribution is 5.98. The fraction of sp³-hybridized carbons (Fsp3) is 0.286. The molecule has 1 N–H and O–H groups in total. The van der Waals surface area contributed by atoms with Gasteiger partial charge >= 0.3 is 0 Å². The average Bonchev–Trinajstić information content (AvgIpc) is 3.07. The fourth-order valence-corrected chi connectivity index (χ4v) is 3.38. The number of benzene rings is 1. The number of aromatic nitrogens is 2. The Morgan fingerprint density at radius 3 is 2.83 bits per heavy atom. The van der Waals surface area contributed by atoms with Crippen LogP contribution in [0.4, 0.5) is 5.69 Å². The minimum absolute atomic E-state index is 0.186. The molecule has 4 rings (SSSR count). The number of hydrogen-bond donors (Lipinski definition) is 1. The Morgan fingerprint density at radius 1 is 1.21 bits per heavy atom. The van der Waals surface area contributed by atoms with E-state index in [0.717, 1.165) is 10.9 Å². The van der Waals surface area contributed by atoms with Gasteiger partial charge in [-0.25, -0.2) is 0 Å². The van der Waals surface area contributed by atoms with E-state index >= 15 is 0 Å². The van der Waals surface area contributed by atoms with Gasteiger partial charge in [-0.1, -0.05) is 0 Å². The molecule has 150 valence electrons. The minimum Gasteiger partial charge on any atom is -0.497 e. The van der Waals surface area contributed by atoms with Gasteiger partial charge in [0.1, 0.15) is 24.2 Å². The van der Waals surface area contributed by atoms with Gasteiger partial charge in [0, 0.05) is 42.9 Å². The SMILES string of the molecule is COc1ccc2c(OCCn3cc(N4CC[C@H](O)C4=O)ccc3=O)ccnc2c1. The maximum atomic E-state index is 12.2. The second-order valence-corrected chi connectivity index (χ2v) is 6.75. The molecule has 8 heteroatoms. The van der Waals surface area contributed by atoms with Crippen LogP contribution in [0.3, 0.4) is 0 Å². The lowest BCUT2D eigenvalue weighted by atomic mass is 10.2. The van der Waals surface area contributed by atoms with Crippen molar-refractivity contribution in [1.82, 2.24) is 9.55 Å². The summed E-state index contributed by atoms with van der Waals surface area (Å²) in [4.78, 5) is 30.0. The molecule has 0 aliphatic carbocycles. The number of ether oxygens (including phenoxy) is 2. The lowest BCUT2D eigenvalue weighted by molar-refractivity contribution is -0.124. The summed E-state index contributed by atoms with van der Waals surface area (Å²) < 4.78 is 12.6. The molecule has 1 saturated heterocycles. The molecule has 2 aromatic heterocycles. The molecule has 3 heterocycles. The number of methoxy groups -OCH3 is 1. The van der Waals surface area contributed by atoms with E-state index in [9.17, 15) is 14.7 Å². The van der Waals surface area contributed by atoms with E-state index < -0.39 is 6.10 Å². The maximum Gasteiger partial charge on any atom is 0.255 e. The van der Waals surface area contributed by atoms with E-state index in [1.54, 1.807) is 31.6 Å². The smallest absolute Gasteiger partial charge is 0.255 e. The predicted octanol–water partition coefficient (Wildman–Crippen LogP) is 1.58. The number of aliphatic hydroxyl groups excluding tert-OH is 1. The number of fused-ring (bicyclic) bond motifs is 1. The van der Waals surface area contributed by atoms with Crippen LogP contribution in [0.1, 0.15) is 6.42 Å². The molecule has 0 spiro atoms. The van der Waals surface area contributed by atoms with Crippen LogP contribution in [0.25, 0.3) is 10.9 Å². The number of aliphatic hydroxyl groups is 1. The second kappa shape index (κ2) is 7.92. The van der Waals surface area contributed by atoms with Crippen molar-refractivity contribution in [3.63, 3.8) is 0 Å². The first kappa shape index (κ1) is 18.9. The third-order valence-corrected chi connectivity index (χ3v) is 4.96. The molecule has 1 fully saturated rings. The third kappa shape index (κ3) is 3.79. The third-order valence-electron chi connectivity index (χ3n) is 4.96. The van der Waals surface area contributed by atoms with Crippen molar-refractivity contribution in [3.8, 4) is 11.5 Å². The van der Waals surface area contributed by atoms with Gasteiger partial charge in [-0.2, -0.15) is 0 Å². The van der Waals surface area contributed by atoms with Crippen molar-refractivity contribution in [1.29, 1.82) is 0 Å². The van der Waals surface area contributed by atoms with Crippen molar-refractivity contribution in [3.05, 3.63) is 59.1 Å². The van der Waals surface area contributed by atoms with Gasteiger partial charge in [-0.3, -0.25) is 14.6 Å².